The number of nitrogens with one attached hydrogen (secondary N) is 1. The lowest BCUT2D eigenvalue weighted by Gasteiger charge is -2.29. The molecule has 0 saturated carbocycles. The summed E-state index contributed by atoms with van der Waals surface area (Å²) in [6, 6.07) is 11.9. The minimum Gasteiger partial charge on any atom is -0.495 e. The molecule has 1 aromatic heterocycles. The maximum Gasteiger partial charge on any atom is 0.268 e. The minimum atomic E-state index is -3.99. The number of hydrogen-bond donors (Lipinski definition) is 1. The highest BCUT2D eigenvalue weighted by Gasteiger charge is 2.29. The maximum absolute atomic E-state index is 13.5. The highest BCUT2D eigenvalue weighted by molar-refractivity contribution is 7.93. The predicted octanol–water partition coefficient (Wildman–Crippen LogP) is 2.53. The van der Waals surface area contributed by atoms with E-state index in [1.54, 1.807) is 6.07 Å². The molecule has 1 aliphatic heterocycles. The quantitative estimate of drug-likeness (QED) is 0.643. The molecule has 0 atom stereocenters. The van der Waals surface area contributed by atoms with Gasteiger partial charge in [-0.15, -0.1) is 0 Å². The van der Waals surface area contributed by atoms with Gasteiger partial charge in [0.1, 0.15) is 10.6 Å². The van der Waals surface area contributed by atoms with Crippen LogP contribution in [-0.2, 0) is 10.0 Å². The van der Waals surface area contributed by atoms with Gasteiger partial charge in [-0.2, -0.15) is 4.98 Å². The molecule has 0 bridgehead atoms. The zero-order valence-corrected chi connectivity index (χ0v) is 18.2. The first-order chi connectivity index (χ1) is 14.4. The molecule has 158 valence electrons. The number of hydrogen-bond acceptors (Lipinski definition) is 7. The molecule has 4 rings (SSSR count). The van der Waals surface area contributed by atoms with Crippen LogP contribution in [0.1, 0.15) is 0 Å². The number of sulfonamides is 1. The standard InChI is InChI=1S/C20H22ClN5O3S/c1-25(30(27,28)18-13-14(21)7-8-17(18)29-2)19-15-5-3-4-6-16(15)23-20(24-19)26-11-9-22-10-12-26/h3-8,13,22H,9-12H2,1-2H3. The third kappa shape index (κ3) is 3.76. The monoisotopic (exact) mass is 447 g/mol. The number of methoxy groups -OCH3 is 1. The van der Waals surface area contributed by atoms with Crippen molar-refractivity contribution in [3.8, 4) is 5.75 Å². The van der Waals surface area contributed by atoms with Crippen LogP contribution in [0.3, 0.4) is 0 Å². The zero-order valence-electron chi connectivity index (χ0n) is 16.7. The molecule has 0 amide bonds. The van der Waals surface area contributed by atoms with E-state index in [-0.39, 0.29) is 10.6 Å². The van der Waals surface area contributed by atoms with Gasteiger partial charge in [0.15, 0.2) is 5.82 Å². The molecule has 30 heavy (non-hydrogen) atoms. The van der Waals surface area contributed by atoms with Crippen molar-refractivity contribution in [1.29, 1.82) is 0 Å². The lowest BCUT2D eigenvalue weighted by atomic mass is 10.2. The second-order valence-corrected chi connectivity index (χ2v) is 9.24. The molecule has 10 heteroatoms. The summed E-state index contributed by atoms with van der Waals surface area (Å²) >= 11 is 6.08. The normalized spacial score (nSPS) is 14.7. The second kappa shape index (κ2) is 8.25. The Morgan fingerprint density at radius 2 is 1.87 bits per heavy atom. The number of halogens is 1. The van der Waals surface area contributed by atoms with E-state index in [1.165, 1.54) is 26.3 Å². The topological polar surface area (TPSA) is 87.7 Å². The van der Waals surface area contributed by atoms with Crippen molar-refractivity contribution in [2.45, 2.75) is 4.90 Å². The Morgan fingerprint density at radius 3 is 2.60 bits per heavy atom. The maximum atomic E-state index is 13.5. The first-order valence-corrected chi connectivity index (χ1v) is 11.3. The average molecular weight is 448 g/mol. The third-order valence-electron chi connectivity index (χ3n) is 5.03. The summed E-state index contributed by atoms with van der Waals surface area (Å²) in [5.74, 6) is 1.02. The van der Waals surface area contributed by atoms with E-state index in [2.05, 4.69) is 15.3 Å². The highest BCUT2D eigenvalue weighted by Crippen LogP contribution is 2.34. The number of aromatic nitrogens is 2. The number of ether oxygens (including phenoxy) is 1. The average Bonchev–Trinajstić information content (AvgIpc) is 2.78. The fourth-order valence-corrected chi connectivity index (χ4v) is 4.99. The summed E-state index contributed by atoms with van der Waals surface area (Å²) in [5, 5.41) is 4.24. The third-order valence-corrected chi connectivity index (χ3v) is 7.04. The number of anilines is 2. The molecule has 0 radical (unpaired) electrons. The van der Waals surface area contributed by atoms with Crippen LogP contribution in [0.25, 0.3) is 10.9 Å². The van der Waals surface area contributed by atoms with Gasteiger partial charge in [0.2, 0.25) is 5.95 Å². The highest BCUT2D eigenvalue weighted by atomic mass is 35.5. The fourth-order valence-electron chi connectivity index (χ4n) is 3.41. The van der Waals surface area contributed by atoms with Gasteiger partial charge in [0, 0.05) is 43.6 Å². The van der Waals surface area contributed by atoms with Crippen LogP contribution < -0.4 is 19.3 Å². The Labute approximate surface area is 180 Å². The van der Waals surface area contributed by atoms with Crippen molar-refractivity contribution in [3.63, 3.8) is 0 Å². The number of para-hydroxylation sites is 1. The van der Waals surface area contributed by atoms with Crippen molar-refractivity contribution >= 4 is 44.3 Å². The van der Waals surface area contributed by atoms with Crippen LogP contribution in [0.5, 0.6) is 5.75 Å². The smallest absolute Gasteiger partial charge is 0.268 e. The largest absolute Gasteiger partial charge is 0.495 e. The predicted molar refractivity (Wildman–Crippen MR) is 118 cm³/mol. The van der Waals surface area contributed by atoms with Gasteiger partial charge in [-0.25, -0.2) is 13.4 Å². The van der Waals surface area contributed by atoms with Crippen molar-refractivity contribution in [1.82, 2.24) is 15.3 Å². The lowest BCUT2D eigenvalue weighted by molar-refractivity contribution is 0.402. The summed E-state index contributed by atoms with van der Waals surface area (Å²) < 4.78 is 33.4. The van der Waals surface area contributed by atoms with Crippen LogP contribution in [0.2, 0.25) is 5.02 Å². The van der Waals surface area contributed by atoms with Crippen LogP contribution >= 0.6 is 11.6 Å². The number of benzene rings is 2. The Kier molecular flexibility index (Phi) is 5.68. The first kappa shape index (κ1) is 20.6. The van der Waals surface area contributed by atoms with E-state index in [0.29, 0.717) is 27.7 Å². The van der Waals surface area contributed by atoms with Gasteiger partial charge < -0.3 is 15.0 Å². The number of nitrogens with zero attached hydrogens (tertiary/aromatic N) is 4. The van der Waals surface area contributed by atoms with Gasteiger partial charge in [-0.05, 0) is 30.3 Å². The summed E-state index contributed by atoms with van der Waals surface area (Å²) in [4.78, 5) is 11.3. The number of rotatable bonds is 5. The van der Waals surface area contributed by atoms with E-state index in [1.807, 2.05) is 29.2 Å². The van der Waals surface area contributed by atoms with Gasteiger partial charge in [-0.3, -0.25) is 4.31 Å². The minimum absolute atomic E-state index is 0.0218. The van der Waals surface area contributed by atoms with E-state index in [4.69, 9.17) is 16.3 Å². The molecule has 0 aliphatic carbocycles. The molecule has 1 N–H and O–H groups in total. The summed E-state index contributed by atoms with van der Waals surface area (Å²) in [6.07, 6.45) is 0. The molecule has 1 fully saturated rings. The van der Waals surface area contributed by atoms with Crippen LogP contribution in [0.15, 0.2) is 47.4 Å². The van der Waals surface area contributed by atoms with Crippen LogP contribution in [0, 0.1) is 0 Å². The van der Waals surface area contributed by atoms with Gasteiger partial charge in [0.05, 0.1) is 12.6 Å². The molecule has 1 aliphatic rings. The molecular formula is C20H22ClN5O3S. The molecule has 0 spiro atoms. The molecule has 2 heterocycles. The number of piperazine rings is 1. The summed E-state index contributed by atoms with van der Waals surface area (Å²) in [5.41, 5.74) is 0.677. The molecule has 3 aromatic rings. The molecule has 1 saturated heterocycles. The van der Waals surface area contributed by atoms with Crippen LogP contribution in [-0.4, -0.2) is 58.7 Å². The number of fused-ring (bicyclic) bond motifs is 1. The van der Waals surface area contributed by atoms with Gasteiger partial charge in [-0.1, -0.05) is 23.7 Å². The molecular weight excluding hydrogens is 426 g/mol. The molecule has 8 nitrogen and oxygen atoms in total. The lowest BCUT2D eigenvalue weighted by Crippen LogP contribution is -2.44. The van der Waals surface area contributed by atoms with E-state index >= 15 is 0 Å². The van der Waals surface area contributed by atoms with Crippen molar-refractivity contribution in [3.05, 3.63) is 47.5 Å². The van der Waals surface area contributed by atoms with Crippen LogP contribution in [0.4, 0.5) is 11.8 Å². The van der Waals surface area contributed by atoms with E-state index in [0.717, 1.165) is 30.5 Å². The zero-order chi connectivity index (χ0) is 21.3. The van der Waals surface area contributed by atoms with Gasteiger partial charge in [0.25, 0.3) is 10.0 Å². The molecule has 2 aromatic carbocycles. The fraction of sp³-hybridized carbons (Fsp3) is 0.300. The Bertz CT molecular complexity index is 1180. The summed E-state index contributed by atoms with van der Waals surface area (Å²) in [6.45, 7) is 3.13. The van der Waals surface area contributed by atoms with E-state index < -0.39 is 10.0 Å². The Morgan fingerprint density at radius 1 is 1.13 bits per heavy atom. The SMILES string of the molecule is COc1ccc(Cl)cc1S(=O)(=O)N(C)c1nc(N2CCNCC2)nc2ccccc12. The van der Waals surface area contributed by atoms with Gasteiger partial charge >= 0.3 is 0 Å². The van der Waals surface area contributed by atoms with Crippen molar-refractivity contribution in [2.24, 2.45) is 0 Å². The Balaban J connectivity index is 1.86. The second-order valence-electron chi connectivity index (χ2n) is 6.87. The molecule has 0 unspecified atom stereocenters. The first-order valence-electron chi connectivity index (χ1n) is 9.47. The van der Waals surface area contributed by atoms with E-state index in [9.17, 15) is 8.42 Å². The van der Waals surface area contributed by atoms with Crippen molar-refractivity contribution < 1.29 is 13.2 Å². The van der Waals surface area contributed by atoms with Crippen molar-refractivity contribution in [2.75, 3.05) is 49.5 Å². The summed E-state index contributed by atoms with van der Waals surface area (Å²) in [7, 11) is -1.09. The Hall–Kier alpha value is -2.62.